The van der Waals surface area contributed by atoms with E-state index in [1.165, 1.54) is 233 Å². The standard InChI is InChI=1S/C85H83BO5S13/c1-12-16-18-20-22-24-26-50-54-36-65(99-76(54)51(27-25-23-21-19-17-13-2)55-37-68(101-77(50)55)78-58-39-62(45(8)87)96-75(58)48(11)93-78)61-28-29-70(95-61)86-85-84-60(41-64(98-84)47(10)89)81(104-85)67-35-53-44(7)73-52(43(6)74(53)100-67)33-49(94-73)34-66-79-59(40-63(97-79)46(9)88)80(102-66)69-38-57-72(91-31-15-4)82-56(32-42(5)92-82)71(83(57)103-69)90-30-14-3/h28-29,32-33,35-41,86H,12-27,30-31,34H2,1-11H3. The van der Waals surface area contributed by atoms with E-state index in [4.69, 9.17) is 9.47 Å². The molecule has 0 N–H and O–H groups in total. The van der Waals surface area contributed by atoms with Gasteiger partial charge in [0.1, 0.15) is 11.5 Å². The highest BCUT2D eigenvalue weighted by atomic mass is 32.1. The maximum atomic E-state index is 13.3. The summed E-state index contributed by atoms with van der Waals surface area (Å²) in [6, 6.07) is 25.9. The number of benzene rings is 3. The summed E-state index contributed by atoms with van der Waals surface area (Å²) in [7, 11) is 0.820. The zero-order valence-electron chi connectivity index (χ0n) is 60.8. The van der Waals surface area contributed by atoms with Crippen LogP contribution in [0.15, 0.2) is 66.7 Å². The molecule has 0 aliphatic heterocycles. The number of carbonyl (C=O) groups excluding carboxylic acids is 3. The monoisotopic (exact) mass is 1610 g/mol. The van der Waals surface area contributed by atoms with Gasteiger partial charge < -0.3 is 9.47 Å². The first-order valence-electron chi connectivity index (χ1n) is 37.0. The van der Waals surface area contributed by atoms with E-state index in [9.17, 15) is 14.4 Å². The third-order valence-corrected chi connectivity index (χ3v) is 37.1. The third-order valence-electron chi connectivity index (χ3n) is 20.4. The van der Waals surface area contributed by atoms with Gasteiger partial charge in [-0.2, -0.15) is 0 Å². The summed E-state index contributed by atoms with van der Waals surface area (Å²) < 4.78 is 27.6. The molecule has 3 aromatic carbocycles. The second-order valence-corrected chi connectivity index (χ2v) is 42.5. The van der Waals surface area contributed by atoms with E-state index in [-0.39, 0.29) is 17.3 Å². The number of ether oxygens (including phenoxy) is 2. The van der Waals surface area contributed by atoms with Gasteiger partial charge in [-0.3, -0.25) is 14.4 Å². The van der Waals surface area contributed by atoms with Crippen LogP contribution in [0.4, 0.5) is 0 Å². The number of hydrogen-bond donors (Lipinski definition) is 0. The van der Waals surface area contributed by atoms with Gasteiger partial charge >= 0.3 is 0 Å². The summed E-state index contributed by atoms with van der Waals surface area (Å²) in [6.45, 7) is 24.4. The van der Waals surface area contributed by atoms with Crippen molar-refractivity contribution in [1.82, 2.24) is 0 Å². The van der Waals surface area contributed by atoms with Crippen molar-refractivity contribution in [2.24, 2.45) is 0 Å². The Labute approximate surface area is 661 Å². The Balaban J connectivity index is 0.723. The summed E-state index contributed by atoms with van der Waals surface area (Å²) in [4.78, 5) is 57.1. The minimum Gasteiger partial charge on any atom is -0.491 e. The molecule has 0 bridgehead atoms. The van der Waals surface area contributed by atoms with E-state index >= 15 is 0 Å². The van der Waals surface area contributed by atoms with Crippen molar-refractivity contribution in [1.29, 1.82) is 0 Å². The molecule has 0 radical (unpaired) electrons. The van der Waals surface area contributed by atoms with Gasteiger partial charge in [0.05, 0.1) is 51.9 Å². The minimum atomic E-state index is 0.100. The van der Waals surface area contributed by atoms with Gasteiger partial charge in [0, 0.05) is 110 Å². The smallest absolute Gasteiger partial charge is 0.220 e. The average molecular weight is 1610 g/mol. The van der Waals surface area contributed by atoms with Crippen molar-refractivity contribution in [2.45, 2.75) is 185 Å². The fourth-order valence-electron chi connectivity index (χ4n) is 15.1. The number of ketones is 3. The molecule has 104 heavy (non-hydrogen) atoms. The first-order chi connectivity index (χ1) is 50.5. The van der Waals surface area contributed by atoms with Crippen molar-refractivity contribution in [3.8, 4) is 50.5 Å². The van der Waals surface area contributed by atoms with E-state index in [1.54, 1.807) is 77.5 Å². The van der Waals surface area contributed by atoms with Gasteiger partial charge in [0.2, 0.25) is 7.28 Å². The molecule has 534 valence electrons. The molecule has 0 aliphatic carbocycles. The fraction of sp³-hybridized carbons (Fsp3) is 0.353. The van der Waals surface area contributed by atoms with Crippen LogP contribution >= 0.6 is 147 Å². The highest BCUT2D eigenvalue weighted by Gasteiger charge is 2.29. The lowest BCUT2D eigenvalue weighted by Crippen LogP contribution is -2.21. The lowest BCUT2D eigenvalue weighted by Gasteiger charge is -2.12. The molecule has 0 saturated heterocycles. The minimum absolute atomic E-state index is 0.100. The maximum absolute atomic E-state index is 13.3. The molecule has 0 saturated carbocycles. The average Bonchev–Trinajstić information content (AvgIpc) is 1.58. The normalized spacial score (nSPS) is 12.3. The zero-order chi connectivity index (χ0) is 71.9. The molecule has 0 aliphatic rings. The Hall–Kier alpha value is -5.23. The largest absolute Gasteiger partial charge is 0.491 e. The van der Waals surface area contributed by atoms with Gasteiger partial charge in [-0.25, -0.2) is 0 Å². The lowest BCUT2D eigenvalue weighted by atomic mass is 9.75. The third kappa shape index (κ3) is 13.6. The number of rotatable bonds is 31. The molecule has 0 atom stereocenters. The van der Waals surface area contributed by atoms with Gasteiger partial charge in [-0.05, 0) is 201 Å². The SMILES string of the molecule is CCCCCCCCc1c2cc(-c3sc(C)c4sc(C(C)=O)cc34)sc2c(CCCCCCCC)c2cc(-c3ccc(Bc4sc(-c5cc6c(C)c7sc(Cc8sc(-c9cc%10c(OCCC)c%11sc(C)cc%11c(OCCC)c%10s9)c9cc(C(C)=O)sc89)cc7c(C)c6s5)c5cc(C(C)=O)sc45)s3)sc12. The number of fused-ring (bicyclic) bond motifs is 9. The number of unbranched alkanes of at least 4 members (excludes halogenated alkanes) is 10. The van der Waals surface area contributed by atoms with Crippen LogP contribution in [0.5, 0.6) is 11.5 Å². The van der Waals surface area contributed by atoms with Crippen LogP contribution in [0.1, 0.15) is 209 Å². The summed E-state index contributed by atoms with van der Waals surface area (Å²) in [5.74, 6) is 2.27. The topological polar surface area (TPSA) is 69.7 Å². The van der Waals surface area contributed by atoms with E-state index in [0.29, 0.717) is 13.2 Å². The molecule has 13 aromatic heterocycles. The van der Waals surface area contributed by atoms with E-state index in [0.717, 1.165) is 91.1 Å². The van der Waals surface area contributed by atoms with Crippen molar-refractivity contribution in [2.75, 3.05) is 13.2 Å². The van der Waals surface area contributed by atoms with E-state index in [1.807, 2.05) is 90.7 Å². The fourth-order valence-corrected chi connectivity index (χ4v) is 31.3. The molecule has 16 rings (SSSR count). The molecule has 19 heteroatoms. The molecular formula is C85H83BO5S13. The number of thiophene rings is 13. The molecule has 5 nitrogen and oxygen atoms in total. The van der Waals surface area contributed by atoms with Crippen molar-refractivity contribution in [3.63, 3.8) is 0 Å². The van der Waals surface area contributed by atoms with Gasteiger partial charge in [0.15, 0.2) is 17.3 Å². The Morgan fingerprint density at radius 2 is 0.837 bits per heavy atom. The van der Waals surface area contributed by atoms with Gasteiger partial charge in [-0.15, -0.1) is 147 Å². The van der Waals surface area contributed by atoms with Crippen LogP contribution in [0.25, 0.3) is 130 Å². The quantitative estimate of drug-likeness (QED) is 0.0246. The molecule has 0 unspecified atom stereocenters. The van der Waals surface area contributed by atoms with E-state index < -0.39 is 0 Å². The van der Waals surface area contributed by atoms with Crippen LogP contribution < -0.4 is 19.0 Å². The molecule has 0 fully saturated rings. The molecule has 0 spiro atoms. The predicted molar refractivity (Wildman–Crippen MR) is 475 cm³/mol. The van der Waals surface area contributed by atoms with Crippen LogP contribution in [-0.2, 0) is 19.3 Å². The van der Waals surface area contributed by atoms with E-state index in [2.05, 4.69) is 122 Å². The summed E-state index contributed by atoms with van der Waals surface area (Å²) in [5.41, 5.74) is 5.69. The highest BCUT2D eigenvalue weighted by Crippen LogP contribution is 2.57. The van der Waals surface area contributed by atoms with Gasteiger partial charge in [0.25, 0.3) is 0 Å². The second kappa shape index (κ2) is 30.7. The zero-order valence-corrected chi connectivity index (χ0v) is 71.5. The Morgan fingerprint density at radius 1 is 0.365 bits per heavy atom. The van der Waals surface area contributed by atoms with Crippen LogP contribution in [-0.4, -0.2) is 37.8 Å². The molecule has 0 amide bonds. The van der Waals surface area contributed by atoms with Crippen molar-refractivity contribution >= 4 is 272 Å². The Morgan fingerprint density at radius 3 is 1.45 bits per heavy atom. The second-order valence-electron chi connectivity index (χ2n) is 28.1. The summed E-state index contributed by atoms with van der Waals surface area (Å²) in [6.07, 6.45) is 20.0. The predicted octanol–water partition coefficient (Wildman–Crippen LogP) is 29.7. The maximum Gasteiger partial charge on any atom is 0.220 e. The Kier molecular flexibility index (Phi) is 21.5. The number of Topliss-reactive ketones (excluding diaryl/α,β-unsaturated/α-hetero) is 3. The van der Waals surface area contributed by atoms with Crippen molar-refractivity contribution < 1.29 is 23.9 Å². The molecular weight excluding hydrogens is 1530 g/mol. The van der Waals surface area contributed by atoms with Crippen LogP contribution in [0.2, 0.25) is 0 Å². The summed E-state index contributed by atoms with van der Waals surface area (Å²) >= 11 is 24.0. The summed E-state index contributed by atoms with van der Waals surface area (Å²) in [5, 5.41) is 11.4. The number of hydrogen-bond acceptors (Lipinski definition) is 18. The Bertz CT molecular complexity index is 5820. The van der Waals surface area contributed by atoms with Crippen LogP contribution in [0, 0.1) is 27.7 Å². The number of carbonyl (C=O) groups is 3. The first kappa shape index (κ1) is 72.9. The molecule has 16 aromatic rings. The van der Waals surface area contributed by atoms with Gasteiger partial charge in [-0.1, -0.05) is 98.0 Å². The van der Waals surface area contributed by atoms with Crippen molar-refractivity contribution in [3.05, 3.63) is 123 Å². The number of aryl methyl sites for hydroxylation is 6. The highest BCUT2D eigenvalue weighted by molar-refractivity contribution is 7.39. The first-order valence-corrected chi connectivity index (χ1v) is 47.6. The lowest BCUT2D eigenvalue weighted by molar-refractivity contribution is 0.101. The molecule has 13 heterocycles. The van der Waals surface area contributed by atoms with Crippen LogP contribution in [0.3, 0.4) is 0 Å².